The molecule has 100 valence electrons. The van der Waals surface area contributed by atoms with Crippen molar-refractivity contribution >= 4 is 18.6 Å². The molecule has 0 radical (unpaired) electrons. The van der Waals surface area contributed by atoms with Crippen molar-refractivity contribution in [2.75, 3.05) is 12.4 Å². The molecule has 2 nitrogen and oxygen atoms in total. The van der Waals surface area contributed by atoms with Crippen LogP contribution < -0.4 is 0 Å². The predicted octanol–water partition coefficient (Wildman–Crippen LogP) is 3.84. The third-order valence-electron chi connectivity index (χ3n) is 2.85. The molecule has 1 rings (SSSR count). The number of hydrogen-bond donors (Lipinski definition) is 1. The van der Waals surface area contributed by atoms with Crippen molar-refractivity contribution in [2.45, 2.75) is 44.9 Å². The lowest BCUT2D eigenvalue weighted by atomic mass is 10.1. The van der Waals surface area contributed by atoms with Gasteiger partial charge < -0.3 is 4.74 Å². The van der Waals surface area contributed by atoms with Crippen molar-refractivity contribution < 1.29 is 9.53 Å². The molecule has 0 aliphatic heterocycles. The predicted molar refractivity (Wildman–Crippen MR) is 77.9 cm³/mol. The number of ether oxygens (including phenoxy) is 1. The molecule has 1 aliphatic rings. The van der Waals surface area contributed by atoms with Gasteiger partial charge in [0.1, 0.15) is 5.57 Å². The van der Waals surface area contributed by atoms with Crippen molar-refractivity contribution in [1.82, 2.24) is 0 Å². The summed E-state index contributed by atoms with van der Waals surface area (Å²) in [6.45, 7) is 0.522. The maximum absolute atomic E-state index is 11.5. The SMILES string of the molecule is O=C(OCCCCCCCCCS)C1=C=CC=C1. The van der Waals surface area contributed by atoms with Gasteiger partial charge in [-0.2, -0.15) is 12.6 Å². The summed E-state index contributed by atoms with van der Waals surface area (Å²) in [5.41, 5.74) is 3.37. The first kappa shape index (κ1) is 15.1. The van der Waals surface area contributed by atoms with E-state index in [-0.39, 0.29) is 5.97 Å². The lowest BCUT2D eigenvalue weighted by Gasteiger charge is -2.04. The second kappa shape index (κ2) is 10.0. The van der Waals surface area contributed by atoms with E-state index in [0.29, 0.717) is 12.2 Å². The van der Waals surface area contributed by atoms with Gasteiger partial charge in [-0.3, -0.25) is 0 Å². The molecular weight excluding hydrogens is 244 g/mol. The van der Waals surface area contributed by atoms with E-state index in [1.807, 2.05) is 0 Å². The zero-order valence-corrected chi connectivity index (χ0v) is 11.8. The molecule has 0 amide bonds. The Bertz CT molecular complexity index is 338. The van der Waals surface area contributed by atoms with Gasteiger partial charge in [0, 0.05) is 0 Å². The minimum absolute atomic E-state index is 0.256. The van der Waals surface area contributed by atoms with Crippen LogP contribution in [-0.2, 0) is 9.53 Å². The Morgan fingerprint density at radius 1 is 1.11 bits per heavy atom. The van der Waals surface area contributed by atoms with Crippen LogP contribution in [0.15, 0.2) is 29.5 Å². The van der Waals surface area contributed by atoms with Crippen LogP contribution in [0.1, 0.15) is 44.9 Å². The number of thiol groups is 1. The Hall–Kier alpha value is -0.920. The van der Waals surface area contributed by atoms with Crippen LogP contribution in [0.3, 0.4) is 0 Å². The number of hydrogen-bond acceptors (Lipinski definition) is 3. The highest BCUT2D eigenvalue weighted by Gasteiger charge is 2.08. The summed E-state index contributed by atoms with van der Waals surface area (Å²) in [5.74, 6) is 0.739. The summed E-state index contributed by atoms with van der Waals surface area (Å²) < 4.78 is 5.15. The highest BCUT2D eigenvalue weighted by molar-refractivity contribution is 7.80. The van der Waals surface area contributed by atoms with E-state index in [9.17, 15) is 4.79 Å². The van der Waals surface area contributed by atoms with Gasteiger partial charge in [0.05, 0.1) is 6.61 Å². The van der Waals surface area contributed by atoms with Gasteiger partial charge in [-0.15, -0.1) is 5.73 Å². The second-order valence-corrected chi connectivity index (χ2v) is 4.87. The molecule has 0 N–H and O–H groups in total. The zero-order chi connectivity index (χ0) is 13.1. The Labute approximate surface area is 115 Å². The molecule has 0 heterocycles. The number of carbonyl (C=O) groups excluding carboxylic acids is 1. The summed E-state index contributed by atoms with van der Waals surface area (Å²) >= 11 is 4.19. The van der Waals surface area contributed by atoms with Crippen molar-refractivity contribution in [2.24, 2.45) is 0 Å². The fraction of sp³-hybridized carbons (Fsp3) is 0.600. The molecule has 0 aromatic rings. The number of esters is 1. The minimum atomic E-state index is -0.256. The Kier molecular flexibility index (Phi) is 8.45. The molecule has 0 bridgehead atoms. The van der Waals surface area contributed by atoms with Crippen LogP contribution in [-0.4, -0.2) is 18.3 Å². The van der Waals surface area contributed by atoms with Gasteiger partial charge >= 0.3 is 5.97 Å². The van der Waals surface area contributed by atoms with E-state index < -0.39 is 0 Å². The summed E-state index contributed by atoms with van der Waals surface area (Å²) in [6, 6.07) is 0. The summed E-state index contributed by atoms with van der Waals surface area (Å²) in [5, 5.41) is 0. The van der Waals surface area contributed by atoms with Crippen LogP contribution >= 0.6 is 12.6 Å². The van der Waals surface area contributed by atoms with Crippen molar-refractivity contribution in [3.8, 4) is 0 Å². The molecule has 0 unspecified atom stereocenters. The van der Waals surface area contributed by atoms with E-state index in [4.69, 9.17) is 4.74 Å². The van der Waals surface area contributed by atoms with Crippen LogP contribution in [0.2, 0.25) is 0 Å². The fourth-order valence-electron chi connectivity index (χ4n) is 1.80. The van der Waals surface area contributed by atoms with E-state index in [0.717, 1.165) is 18.6 Å². The van der Waals surface area contributed by atoms with Crippen molar-refractivity contribution in [1.29, 1.82) is 0 Å². The van der Waals surface area contributed by atoms with Crippen molar-refractivity contribution in [3.63, 3.8) is 0 Å². The van der Waals surface area contributed by atoms with Crippen LogP contribution in [0.25, 0.3) is 0 Å². The monoisotopic (exact) mass is 266 g/mol. The molecule has 0 spiro atoms. The zero-order valence-electron chi connectivity index (χ0n) is 10.9. The lowest BCUT2D eigenvalue weighted by Crippen LogP contribution is -2.06. The number of carbonyl (C=O) groups is 1. The first-order valence-corrected chi connectivity index (χ1v) is 7.39. The Morgan fingerprint density at radius 3 is 2.39 bits per heavy atom. The summed E-state index contributed by atoms with van der Waals surface area (Å²) in [7, 11) is 0. The van der Waals surface area contributed by atoms with Gasteiger partial charge in [-0.05, 0) is 30.7 Å². The standard InChI is InChI=1S/C15H22O2S/c16-15(14-10-6-7-11-14)17-12-8-4-2-1-3-5-9-13-18/h6-7,10,18H,1-5,8-9,12-13H2. The van der Waals surface area contributed by atoms with E-state index >= 15 is 0 Å². The smallest absolute Gasteiger partial charge is 0.346 e. The van der Waals surface area contributed by atoms with Gasteiger partial charge in [0.15, 0.2) is 0 Å². The lowest BCUT2D eigenvalue weighted by molar-refractivity contribution is -0.138. The minimum Gasteiger partial charge on any atom is -0.462 e. The second-order valence-electron chi connectivity index (χ2n) is 4.42. The highest BCUT2D eigenvalue weighted by atomic mass is 32.1. The maximum Gasteiger partial charge on any atom is 0.346 e. The van der Waals surface area contributed by atoms with Gasteiger partial charge in [-0.25, -0.2) is 4.79 Å². The van der Waals surface area contributed by atoms with Crippen LogP contribution in [0.5, 0.6) is 0 Å². The average molecular weight is 266 g/mol. The third kappa shape index (κ3) is 6.73. The van der Waals surface area contributed by atoms with Crippen LogP contribution in [0.4, 0.5) is 0 Å². The highest BCUT2D eigenvalue weighted by Crippen LogP contribution is 2.09. The molecule has 3 heteroatoms. The molecule has 0 atom stereocenters. The molecular formula is C15H22O2S. The molecule has 0 saturated heterocycles. The van der Waals surface area contributed by atoms with Gasteiger partial charge in [0.2, 0.25) is 0 Å². The Morgan fingerprint density at radius 2 is 1.78 bits per heavy atom. The number of allylic oxidation sites excluding steroid dienone is 1. The average Bonchev–Trinajstić information content (AvgIpc) is 2.90. The molecule has 0 aromatic carbocycles. The van der Waals surface area contributed by atoms with Crippen LogP contribution in [0, 0.1) is 0 Å². The fourth-order valence-corrected chi connectivity index (χ4v) is 2.02. The molecule has 0 fully saturated rings. The first-order chi connectivity index (χ1) is 8.84. The van der Waals surface area contributed by atoms with E-state index in [1.54, 1.807) is 18.2 Å². The topological polar surface area (TPSA) is 26.3 Å². The summed E-state index contributed by atoms with van der Waals surface area (Å²) in [6.07, 6.45) is 13.6. The van der Waals surface area contributed by atoms with Crippen molar-refractivity contribution in [3.05, 3.63) is 29.5 Å². The Balaban J connectivity index is 1.88. The van der Waals surface area contributed by atoms with E-state index in [1.165, 1.54) is 32.1 Å². The normalized spacial score (nSPS) is 12.8. The molecule has 1 aliphatic carbocycles. The van der Waals surface area contributed by atoms with Gasteiger partial charge in [-0.1, -0.05) is 38.2 Å². The molecule has 0 saturated carbocycles. The maximum atomic E-state index is 11.5. The van der Waals surface area contributed by atoms with Gasteiger partial charge in [0.25, 0.3) is 0 Å². The van der Waals surface area contributed by atoms with E-state index in [2.05, 4.69) is 18.4 Å². The third-order valence-corrected chi connectivity index (χ3v) is 3.17. The largest absolute Gasteiger partial charge is 0.462 e. The number of unbranched alkanes of at least 4 members (excludes halogenated alkanes) is 6. The first-order valence-electron chi connectivity index (χ1n) is 6.76. The molecule has 18 heavy (non-hydrogen) atoms. The summed E-state index contributed by atoms with van der Waals surface area (Å²) in [4.78, 5) is 11.5. The number of rotatable bonds is 10. The quantitative estimate of drug-likeness (QED) is 0.281. The molecule has 0 aromatic heterocycles.